The van der Waals surface area contributed by atoms with E-state index < -0.39 is 0 Å². The molecular weight excluding hydrogens is 214 g/mol. The van der Waals surface area contributed by atoms with Crippen LogP contribution in [0.1, 0.15) is 32.2 Å². The van der Waals surface area contributed by atoms with E-state index in [9.17, 15) is 4.79 Å². The van der Waals surface area contributed by atoms with Crippen LogP contribution >= 0.6 is 0 Å². The van der Waals surface area contributed by atoms with Crippen molar-refractivity contribution >= 4 is 5.91 Å². The van der Waals surface area contributed by atoms with Crippen molar-refractivity contribution in [1.29, 1.82) is 0 Å². The summed E-state index contributed by atoms with van der Waals surface area (Å²) in [4.78, 5) is 13.9. The van der Waals surface area contributed by atoms with Crippen LogP contribution in [0.3, 0.4) is 0 Å². The number of aryl methyl sites for hydroxylation is 2. The number of nitrogens with zero attached hydrogens (tertiary/aromatic N) is 2. The summed E-state index contributed by atoms with van der Waals surface area (Å²) in [6.45, 7) is 11.5. The highest BCUT2D eigenvalue weighted by Crippen LogP contribution is 2.06. The van der Waals surface area contributed by atoms with Gasteiger partial charge in [-0.3, -0.25) is 9.47 Å². The molecule has 96 valence electrons. The fourth-order valence-corrected chi connectivity index (χ4v) is 1.93. The molecule has 1 N–H and O–H groups in total. The monoisotopic (exact) mass is 237 g/mol. The maximum atomic E-state index is 12.1. The summed E-state index contributed by atoms with van der Waals surface area (Å²) < 4.78 is 1.96. The SMILES string of the molecule is CCN(CC)C(=O)C(C)Nn1c(C)ccc1C. The molecule has 1 aromatic rings. The Labute approximate surface area is 104 Å². The van der Waals surface area contributed by atoms with Gasteiger partial charge in [-0.05, 0) is 46.8 Å². The molecule has 0 saturated carbocycles. The summed E-state index contributed by atoms with van der Waals surface area (Å²) in [5, 5.41) is 0. The van der Waals surface area contributed by atoms with Crippen molar-refractivity contribution in [2.45, 2.75) is 40.7 Å². The molecule has 0 radical (unpaired) electrons. The van der Waals surface area contributed by atoms with Gasteiger partial charge in [0.2, 0.25) is 5.91 Å². The molecular formula is C13H23N3O. The lowest BCUT2D eigenvalue weighted by Crippen LogP contribution is -2.44. The zero-order chi connectivity index (χ0) is 13.0. The zero-order valence-electron chi connectivity index (χ0n) is 11.4. The van der Waals surface area contributed by atoms with Crippen LogP contribution in [0.15, 0.2) is 12.1 Å². The van der Waals surface area contributed by atoms with Crippen LogP contribution in [0.5, 0.6) is 0 Å². The molecule has 1 unspecified atom stereocenters. The third kappa shape index (κ3) is 3.02. The summed E-state index contributed by atoms with van der Waals surface area (Å²) in [5.41, 5.74) is 5.46. The lowest BCUT2D eigenvalue weighted by atomic mass is 10.3. The van der Waals surface area contributed by atoms with Gasteiger partial charge in [-0.15, -0.1) is 0 Å². The summed E-state index contributed by atoms with van der Waals surface area (Å²) in [6, 6.07) is 3.87. The topological polar surface area (TPSA) is 37.3 Å². The Morgan fingerprint density at radius 3 is 2.18 bits per heavy atom. The first kappa shape index (κ1) is 13.6. The molecule has 4 heteroatoms. The predicted molar refractivity (Wildman–Crippen MR) is 70.7 cm³/mol. The van der Waals surface area contributed by atoms with E-state index in [1.165, 1.54) is 0 Å². The van der Waals surface area contributed by atoms with E-state index in [1.54, 1.807) is 0 Å². The van der Waals surface area contributed by atoms with E-state index in [-0.39, 0.29) is 11.9 Å². The number of amides is 1. The minimum absolute atomic E-state index is 0.141. The average molecular weight is 237 g/mol. The smallest absolute Gasteiger partial charge is 0.246 e. The Morgan fingerprint density at radius 1 is 1.29 bits per heavy atom. The van der Waals surface area contributed by atoms with Gasteiger partial charge in [0.1, 0.15) is 6.04 Å². The van der Waals surface area contributed by atoms with Crippen molar-refractivity contribution in [1.82, 2.24) is 9.58 Å². The highest BCUT2D eigenvalue weighted by atomic mass is 16.2. The summed E-state index contributed by atoms with van der Waals surface area (Å²) >= 11 is 0. The van der Waals surface area contributed by atoms with Gasteiger partial charge in [0, 0.05) is 24.5 Å². The van der Waals surface area contributed by atoms with Crippen LogP contribution in [-0.4, -0.2) is 34.6 Å². The first-order valence-electron chi connectivity index (χ1n) is 6.21. The molecule has 0 bridgehead atoms. The highest BCUT2D eigenvalue weighted by Gasteiger charge is 2.18. The molecule has 17 heavy (non-hydrogen) atoms. The molecule has 1 aromatic heterocycles. The summed E-state index contributed by atoms with van der Waals surface area (Å²) in [7, 11) is 0. The van der Waals surface area contributed by atoms with Crippen LogP contribution in [0.2, 0.25) is 0 Å². The second-order valence-electron chi connectivity index (χ2n) is 4.31. The molecule has 0 fully saturated rings. The highest BCUT2D eigenvalue weighted by molar-refractivity contribution is 5.82. The minimum atomic E-state index is -0.209. The molecule has 1 rings (SSSR count). The number of aromatic nitrogens is 1. The van der Waals surface area contributed by atoms with Crippen molar-refractivity contribution in [3.63, 3.8) is 0 Å². The molecule has 0 aliphatic rings. The standard InChI is InChI=1S/C13H23N3O/c1-6-15(7-2)13(17)12(5)14-16-10(3)8-9-11(16)4/h8-9,12,14H,6-7H2,1-5H3. The number of likely N-dealkylation sites (N-methyl/N-ethyl adjacent to an activating group) is 1. The van der Waals surface area contributed by atoms with Crippen molar-refractivity contribution in [2.75, 3.05) is 18.5 Å². The van der Waals surface area contributed by atoms with Crippen molar-refractivity contribution < 1.29 is 4.79 Å². The lowest BCUT2D eigenvalue weighted by molar-refractivity contribution is -0.131. The second kappa shape index (κ2) is 5.75. The van der Waals surface area contributed by atoms with Gasteiger partial charge in [-0.1, -0.05) is 0 Å². The molecule has 1 heterocycles. The van der Waals surface area contributed by atoms with Crippen LogP contribution < -0.4 is 5.43 Å². The van der Waals surface area contributed by atoms with E-state index in [2.05, 4.69) is 5.43 Å². The third-order valence-corrected chi connectivity index (χ3v) is 3.04. The maximum Gasteiger partial charge on any atom is 0.246 e. The number of hydrogen-bond acceptors (Lipinski definition) is 2. The molecule has 0 aromatic carbocycles. The van der Waals surface area contributed by atoms with E-state index in [4.69, 9.17) is 0 Å². The van der Waals surface area contributed by atoms with E-state index in [1.807, 2.05) is 56.3 Å². The molecule has 1 atom stereocenters. The van der Waals surface area contributed by atoms with E-state index in [0.29, 0.717) is 0 Å². The van der Waals surface area contributed by atoms with Crippen LogP contribution in [-0.2, 0) is 4.79 Å². The van der Waals surface area contributed by atoms with Crippen LogP contribution in [0.4, 0.5) is 0 Å². The normalized spacial score (nSPS) is 12.3. The van der Waals surface area contributed by atoms with Crippen molar-refractivity contribution in [2.24, 2.45) is 0 Å². The molecule has 0 saturated heterocycles. The molecule has 0 spiro atoms. The molecule has 4 nitrogen and oxygen atoms in total. The van der Waals surface area contributed by atoms with E-state index in [0.717, 1.165) is 24.5 Å². The second-order valence-corrected chi connectivity index (χ2v) is 4.31. The average Bonchev–Trinajstić information content (AvgIpc) is 2.62. The summed E-state index contributed by atoms with van der Waals surface area (Å²) in [6.07, 6.45) is 0. The third-order valence-electron chi connectivity index (χ3n) is 3.04. The predicted octanol–water partition coefficient (Wildman–Crippen LogP) is 1.91. The Hall–Kier alpha value is -1.45. The van der Waals surface area contributed by atoms with Gasteiger partial charge in [-0.25, -0.2) is 0 Å². The van der Waals surface area contributed by atoms with Crippen molar-refractivity contribution in [3.05, 3.63) is 23.5 Å². The summed E-state index contributed by atoms with van der Waals surface area (Å²) in [5.74, 6) is 0.141. The van der Waals surface area contributed by atoms with Crippen LogP contribution in [0.25, 0.3) is 0 Å². The Morgan fingerprint density at radius 2 is 1.76 bits per heavy atom. The largest absolute Gasteiger partial charge is 0.341 e. The van der Waals surface area contributed by atoms with Gasteiger partial charge in [-0.2, -0.15) is 0 Å². The van der Waals surface area contributed by atoms with Gasteiger partial charge in [0.05, 0.1) is 0 Å². The lowest BCUT2D eigenvalue weighted by Gasteiger charge is -2.25. The maximum absolute atomic E-state index is 12.1. The Balaban J connectivity index is 2.72. The molecule has 0 aliphatic carbocycles. The van der Waals surface area contributed by atoms with Crippen LogP contribution in [0, 0.1) is 13.8 Å². The fraction of sp³-hybridized carbons (Fsp3) is 0.615. The Bertz CT molecular complexity index is 361. The number of hydrogen-bond donors (Lipinski definition) is 1. The van der Waals surface area contributed by atoms with Gasteiger partial charge >= 0.3 is 0 Å². The van der Waals surface area contributed by atoms with Gasteiger partial charge in [0.15, 0.2) is 0 Å². The first-order valence-corrected chi connectivity index (χ1v) is 6.21. The first-order chi connectivity index (χ1) is 8.01. The fourth-order valence-electron chi connectivity index (χ4n) is 1.93. The Kier molecular flexibility index (Phi) is 4.61. The molecule has 1 amide bonds. The number of carbonyl (C=O) groups is 1. The quantitative estimate of drug-likeness (QED) is 0.849. The number of carbonyl (C=O) groups excluding carboxylic acids is 1. The number of rotatable bonds is 5. The van der Waals surface area contributed by atoms with Crippen molar-refractivity contribution in [3.8, 4) is 0 Å². The molecule has 0 aliphatic heterocycles. The van der Waals surface area contributed by atoms with Gasteiger partial charge in [0.25, 0.3) is 0 Å². The van der Waals surface area contributed by atoms with Gasteiger partial charge < -0.3 is 10.3 Å². The van der Waals surface area contributed by atoms with E-state index >= 15 is 0 Å². The minimum Gasteiger partial charge on any atom is -0.341 e. The zero-order valence-corrected chi connectivity index (χ0v) is 11.4. The number of nitrogens with one attached hydrogen (secondary N) is 1.